The number of carbonyl (C=O) groups is 1. The molecule has 2 atom stereocenters. The predicted molar refractivity (Wildman–Crippen MR) is 98.3 cm³/mol. The minimum absolute atomic E-state index is 0. The molecule has 0 aliphatic rings. The molecule has 0 aromatic heterocycles. The first-order chi connectivity index (χ1) is 10.5. The summed E-state index contributed by atoms with van der Waals surface area (Å²) in [5.41, 5.74) is 6.85. The van der Waals surface area contributed by atoms with Crippen molar-refractivity contribution in [2.24, 2.45) is 11.7 Å². The lowest BCUT2D eigenvalue weighted by molar-refractivity contribution is -0.123. The van der Waals surface area contributed by atoms with Crippen LogP contribution in [-0.2, 0) is 4.79 Å². The van der Waals surface area contributed by atoms with Gasteiger partial charge in [0.2, 0.25) is 0 Å². The molecule has 0 saturated heterocycles. The number of hydrogen-bond donors (Lipinski definition) is 2. The van der Waals surface area contributed by atoms with Crippen LogP contribution >= 0.6 is 12.4 Å². The molecule has 1 amide bonds. The number of ether oxygens (including phenoxy) is 1. The standard InChI is InChI=1S/C18H30N2O2.ClH/c1-5-14(4)16-8-6-7-9-17(16)22-12-18(21)20-15(11-19)10-13(2)3;/h6-9,13-15H,5,10-12,19H2,1-4H3,(H,20,21);1H. The van der Waals surface area contributed by atoms with Gasteiger partial charge in [-0.2, -0.15) is 0 Å². The maximum atomic E-state index is 12.0. The molecule has 1 rings (SSSR count). The summed E-state index contributed by atoms with van der Waals surface area (Å²) in [5.74, 6) is 1.59. The van der Waals surface area contributed by atoms with Gasteiger partial charge in [0.15, 0.2) is 6.61 Å². The summed E-state index contributed by atoms with van der Waals surface area (Å²) >= 11 is 0. The maximum absolute atomic E-state index is 12.0. The van der Waals surface area contributed by atoms with Crippen LogP contribution in [0.1, 0.15) is 52.0 Å². The lowest BCUT2D eigenvalue weighted by Crippen LogP contribution is -2.43. The van der Waals surface area contributed by atoms with Crippen LogP contribution in [0.3, 0.4) is 0 Å². The van der Waals surface area contributed by atoms with E-state index in [-0.39, 0.29) is 31.0 Å². The molecule has 0 aliphatic carbocycles. The van der Waals surface area contributed by atoms with E-state index in [1.54, 1.807) is 0 Å². The number of nitrogens with one attached hydrogen (secondary N) is 1. The van der Waals surface area contributed by atoms with Crippen LogP contribution in [0.25, 0.3) is 0 Å². The third-order valence-corrected chi connectivity index (χ3v) is 3.83. The third-order valence-electron chi connectivity index (χ3n) is 3.83. The van der Waals surface area contributed by atoms with Gasteiger partial charge in [-0.15, -0.1) is 12.4 Å². The fourth-order valence-corrected chi connectivity index (χ4v) is 2.43. The van der Waals surface area contributed by atoms with E-state index >= 15 is 0 Å². The van der Waals surface area contributed by atoms with Crippen molar-refractivity contribution < 1.29 is 9.53 Å². The summed E-state index contributed by atoms with van der Waals surface area (Å²) in [6, 6.07) is 7.93. The number of benzene rings is 1. The quantitative estimate of drug-likeness (QED) is 0.722. The van der Waals surface area contributed by atoms with E-state index < -0.39 is 0 Å². The van der Waals surface area contributed by atoms with Gasteiger partial charge < -0.3 is 15.8 Å². The zero-order valence-corrected chi connectivity index (χ0v) is 15.5. The molecule has 0 fully saturated rings. The number of amides is 1. The number of rotatable bonds is 9. The fourth-order valence-electron chi connectivity index (χ4n) is 2.43. The van der Waals surface area contributed by atoms with Crippen molar-refractivity contribution in [3.63, 3.8) is 0 Å². The van der Waals surface area contributed by atoms with Crippen molar-refractivity contribution in [1.82, 2.24) is 5.32 Å². The molecule has 0 saturated carbocycles. The van der Waals surface area contributed by atoms with Gasteiger partial charge in [0.05, 0.1) is 0 Å². The van der Waals surface area contributed by atoms with E-state index in [2.05, 4.69) is 39.1 Å². The number of para-hydroxylation sites is 1. The van der Waals surface area contributed by atoms with Gasteiger partial charge in [0.25, 0.3) is 5.91 Å². The molecule has 1 aromatic carbocycles. The van der Waals surface area contributed by atoms with Crippen LogP contribution in [0.15, 0.2) is 24.3 Å². The van der Waals surface area contributed by atoms with Crippen LogP contribution in [0.2, 0.25) is 0 Å². The number of nitrogens with two attached hydrogens (primary N) is 1. The molecule has 2 unspecified atom stereocenters. The minimum Gasteiger partial charge on any atom is -0.483 e. The zero-order chi connectivity index (χ0) is 16.5. The van der Waals surface area contributed by atoms with Crippen molar-refractivity contribution in [3.05, 3.63) is 29.8 Å². The highest BCUT2D eigenvalue weighted by molar-refractivity contribution is 5.85. The largest absolute Gasteiger partial charge is 0.483 e. The highest BCUT2D eigenvalue weighted by Crippen LogP contribution is 2.28. The Kier molecular flexibility index (Phi) is 10.7. The third kappa shape index (κ3) is 7.71. The van der Waals surface area contributed by atoms with E-state index in [0.29, 0.717) is 18.4 Å². The summed E-state index contributed by atoms with van der Waals surface area (Å²) in [6.07, 6.45) is 1.92. The van der Waals surface area contributed by atoms with Gasteiger partial charge in [-0.3, -0.25) is 4.79 Å². The van der Waals surface area contributed by atoms with E-state index in [1.165, 1.54) is 0 Å². The molecule has 3 N–H and O–H groups in total. The average Bonchev–Trinajstić information content (AvgIpc) is 2.51. The maximum Gasteiger partial charge on any atom is 0.258 e. The second kappa shape index (κ2) is 11.3. The Balaban J connectivity index is 0.00000484. The van der Waals surface area contributed by atoms with Crippen molar-refractivity contribution in [2.75, 3.05) is 13.2 Å². The monoisotopic (exact) mass is 342 g/mol. The SMILES string of the molecule is CCC(C)c1ccccc1OCC(=O)NC(CN)CC(C)C.Cl. The lowest BCUT2D eigenvalue weighted by atomic mass is 9.98. The van der Waals surface area contributed by atoms with Gasteiger partial charge in [-0.05, 0) is 36.3 Å². The molecular formula is C18H31ClN2O2. The van der Waals surface area contributed by atoms with E-state index in [0.717, 1.165) is 24.2 Å². The van der Waals surface area contributed by atoms with Crippen LogP contribution in [0.4, 0.5) is 0 Å². The Morgan fingerprint density at radius 3 is 2.48 bits per heavy atom. The molecule has 0 aliphatic heterocycles. The molecule has 4 nitrogen and oxygen atoms in total. The summed E-state index contributed by atoms with van der Waals surface area (Å²) < 4.78 is 5.72. The topological polar surface area (TPSA) is 64.3 Å². The van der Waals surface area contributed by atoms with E-state index in [4.69, 9.17) is 10.5 Å². The summed E-state index contributed by atoms with van der Waals surface area (Å²) in [5, 5.41) is 2.94. The van der Waals surface area contributed by atoms with Gasteiger partial charge in [-0.25, -0.2) is 0 Å². The number of hydrogen-bond acceptors (Lipinski definition) is 3. The minimum atomic E-state index is -0.116. The molecule has 0 spiro atoms. The second-order valence-electron chi connectivity index (χ2n) is 6.27. The average molecular weight is 343 g/mol. The van der Waals surface area contributed by atoms with E-state index in [1.807, 2.05) is 18.2 Å². The smallest absolute Gasteiger partial charge is 0.258 e. The number of carbonyl (C=O) groups excluding carboxylic acids is 1. The molecular weight excluding hydrogens is 312 g/mol. The molecule has 0 heterocycles. The molecule has 23 heavy (non-hydrogen) atoms. The van der Waals surface area contributed by atoms with Crippen LogP contribution in [0, 0.1) is 5.92 Å². The van der Waals surface area contributed by atoms with Crippen LogP contribution < -0.4 is 15.8 Å². The summed E-state index contributed by atoms with van der Waals surface area (Å²) in [7, 11) is 0. The second-order valence-corrected chi connectivity index (χ2v) is 6.27. The van der Waals surface area contributed by atoms with Crippen molar-refractivity contribution >= 4 is 18.3 Å². The van der Waals surface area contributed by atoms with Crippen LogP contribution in [-0.4, -0.2) is 25.1 Å². The molecule has 1 aromatic rings. The first-order valence-corrected chi connectivity index (χ1v) is 8.19. The molecule has 0 bridgehead atoms. The van der Waals surface area contributed by atoms with Crippen molar-refractivity contribution in [3.8, 4) is 5.75 Å². The normalized spacial score (nSPS) is 13.1. The number of halogens is 1. The molecule has 5 heteroatoms. The van der Waals surface area contributed by atoms with Gasteiger partial charge >= 0.3 is 0 Å². The summed E-state index contributed by atoms with van der Waals surface area (Å²) in [4.78, 5) is 12.0. The first kappa shape index (κ1) is 21.7. The van der Waals surface area contributed by atoms with Gasteiger partial charge in [0.1, 0.15) is 5.75 Å². The zero-order valence-electron chi connectivity index (χ0n) is 14.7. The van der Waals surface area contributed by atoms with Gasteiger partial charge in [-0.1, -0.05) is 45.9 Å². The summed E-state index contributed by atoms with van der Waals surface area (Å²) in [6.45, 7) is 9.03. The van der Waals surface area contributed by atoms with E-state index in [9.17, 15) is 4.79 Å². The first-order valence-electron chi connectivity index (χ1n) is 8.19. The van der Waals surface area contributed by atoms with Crippen molar-refractivity contribution in [2.45, 2.75) is 52.5 Å². The van der Waals surface area contributed by atoms with Gasteiger partial charge in [0, 0.05) is 12.6 Å². The molecule has 132 valence electrons. The predicted octanol–water partition coefficient (Wildman–Crippen LogP) is 3.49. The Bertz CT molecular complexity index is 466. The lowest BCUT2D eigenvalue weighted by Gasteiger charge is -2.20. The Morgan fingerprint density at radius 1 is 1.26 bits per heavy atom. The Morgan fingerprint density at radius 2 is 1.91 bits per heavy atom. The fraction of sp³-hybridized carbons (Fsp3) is 0.611. The Labute approximate surface area is 146 Å². The highest BCUT2D eigenvalue weighted by atomic mass is 35.5. The molecule has 0 radical (unpaired) electrons. The Hall–Kier alpha value is -1.26. The van der Waals surface area contributed by atoms with Crippen LogP contribution in [0.5, 0.6) is 5.75 Å². The highest BCUT2D eigenvalue weighted by Gasteiger charge is 2.14. The van der Waals surface area contributed by atoms with Crippen molar-refractivity contribution in [1.29, 1.82) is 0 Å².